The predicted molar refractivity (Wildman–Crippen MR) is 143 cm³/mol. The van der Waals surface area contributed by atoms with Gasteiger partial charge in [0.05, 0.1) is 25.4 Å². The number of hydrogen-bond acceptors (Lipinski definition) is 6. The minimum absolute atomic E-state index is 0.0497. The van der Waals surface area contributed by atoms with Crippen LogP contribution in [0, 0.1) is 29.6 Å². The molecule has 3 N–H and O–H groups in total. The molecular formula is C29H50N2O4. The van der Waals surface area contributed by atoms with Crippen molar-refractivity contribution in [1.29, 1.82) is 0 Å². The maximum Gasteiger partial charge on any atom is 0.335 e. The molecule has 0 radical (unpaired) electrons. The summed E-state index contributed by atoms with van der Waals surface area (Å²) in [6, 6.07) is 0. The minimum Gasteiger partial charge on any atom is -0.462 e. The van der Waals surface area contributed by atoms with E-state index in [0.29, 0.717) is 19.1 Å². The van der Waals surface area contributed by atoms with Gasteiger partial charge in [0.1, 0.15) is 0 Å². The van der Waals surface area contributed by atoms with Gasteiger partial charge in [-0.25, -0.2) is 4.79 Å². The van der Waals surface area contributed by atoms with Crippen LogP contribution >= 0.6 is 0 Å². The fourth-order valence-electron chi connectivity index (χ4n) is 5.90. The number of unbranched alkanes of at least 4 members (excludes halogenated alkanes) is 2. The van der Waals surface area contributed by atoms with E-state index in [1.165, 1.54) is 77.0 Å². The number of nitrogens with two attached hydrogens (primary N) is 1. The average molecular weight is 491 g/mol. The van der Waals surface area contributed by atoms with Gasteiger partial charge in [-0.05, 0) is 74.0 Å². The zero-order valence-electron chi connectivity index (χ0n) is 22.3. The number of nitrogens with zero attached hydrogens (tertiary/aromatic N) is 1. The fraction of sp³-hybridized carbons (Fsp3) is 0.793. The van der Waals surface area contributed by atoms with Crippen LogP contribution in [0.2, 0.25) is 0 Å². The third-order valence-electron chi connectivity index (χ3n) is 8.15. The highest BCUT2D eigenvalue weighted by molar-refractivity contribution is 5.87. The molecular weight excluding hydrogens is 440 g/mol. The maximum absolute atomic E-state index is 11.7. The largest absolute Gasteiger partial charge is 0.462 e. The Bertz CT molecular complexity index is 674. The first-order chi connectivity index (χ1) is 17.0. The van der Waals surface area contributed by atoms with Crippen LogP contribution < -0.4 is 5.73 Å². The second kappa shape index (κ2) is 16.9. The summed E-state index contributed by atoms with van der Waals surface area (Å²) in [7, 11) is 1.62. The molecule has 2 fully saturated rings. The van der Waals surface area contributed by atoms with Gasteiger partial charge < -0.3 is 20.3 Å². The summed E-state index contributed by atoms with van der Waals surface area (Å²) < 4.78 is 10.5. The molecule has 0 aromatic carbocycles. The van der Waals surface area contributed by atoms with Crippen LogP contribution in [-0.2, 0) is 14.3 Å². The first-order valence-corrected chi connectivity index (χ1v) is 13.9. The van der Waals surface area contributed by atoms with E-state index in [1.54, 1.807) is 13.3 Å². The summed E-state index contributed by atoms with van der Waals surface area (Å²) in [5.41, 5.74) is 7.15. The zero-order valence-corrected chi connectivity index (χ0v) is 22.3. The quantitative estimate of drug-likeness (QED) is 0.138. The Hall–Kier alpha value is -1.66. The Morgan fingerprint density at radius 2 is 1.74 bits per heavy atom. The summed E-state index contributed by atoms with van der Waals surface area (Å²) in [6.45, 7) is 6.48. The molecule has 1 atom stereocenters. The summed E-state index contributed by atoms with van der Waals surface area (Å²) in [6.07, 6.45) is 20.0. The molecule has 2 aliphatic rings. The Morgan fingerprint density at radius 1 is 1.09 bits per heavy atom. The monoisotopic (exact) mass is 490 g/mol. The molecule has 0 aromatic rings. The van der Waals surface area contributed by atoms with Gasteiger partial charge in [-0.15, -0.1) is 0 Å². The molecule has 0 saturated heterocycles. The predicted octanol–water partition coefficient (Wildman–Crippen LogP) is 5.45. The smallest absolute Gasteiger partial charge is 0.335 e. The van der Waals surface area contributed by atoms with Crippen molar-refractivity contribution < 1.29 is 19.4 Å². The normalized spacial score (nSPS) is 26.5. The third-order valence-corrected chi connectivity index (χ3v) is 8.15. The number of hydrogen-bond donors (Lipinski definition) is 2. The lowest BCUT2D eigenvalue weighted by Gasteiger charge is -2.38. The standard InChI is InChI=1S/C29H50N2O4/c1-4-5-6-7-23-8-10-25(11-9-23)26-12-14-27(15-13-26)28(16-30)18-31-17-24(20-34-3)21-35-29(33)22(2)19-32/h16,18,23-27,32H,2,4-15,17,19-21,30H2,1,3H3/b28-16+,31-18?. The minimum atomic E-state index is -0.582. The molecule has 0 aliphatic heterocycles. The highest BCUT2D eigenvalue weighted by atomic mass is 16.5. The SMILES string of the molecule is C=C(CO)C(=O)OCC(CN=C/C(=C\N)C1CCC(C2CCC(CCCCC)CC2)CC1)COC. The van der Waals surface area contributed by atoms with Crippen molar-refractivity contribution in [2.45, 2.75) is 84.0 Å². The van der Waals surface area contributed by atoms with Crippen LogP contribution in [0.4, 0.5) is 0 Å². The van der Waals surface area contributed by atoms with E-state index in [4.69, 9.17) is 20.3 Å². The van der Waals surface area contributed by atoms with Crippen molar-refractivity contribution >= 4 is 12.2 Å². The number of methoxy groups -OCH3 is 1. The topological polar surface area (TPSA) is 94.1 Å². The van der Waals surface area contributed by atoms with Crippen LogP contribution in [-0.4, -0.2) is 50.8 Å². The van der Waals surface area contributed by atoms with Gasteiger partial charge in [-0.3, -0.25) is 4.99 Å². The maximum atomic E-state index is 11.7. The van der Waals surface area contributed by atoms with Gasteiger partial charge in [0.25, 0.3) is 0 Å². The van der Waals surface area contributed by atoms with Crippen molar-refractivity contribution in [2.75, 3.05) is 33.5 Å². The number of esters is 1. The van der Waals surface area contributed by atoms with E-state index in [-0.39, 0.29) is 18.1 Å². The van der Waals surface area contributed by atoms with E-state index in [2.05, 4.69) is 18.5 Å². The molecule has 35 heavy (non-hydrogen) atoms. The highest BCUT2D eigenvalue weighted by Crippen LogP contribution is 2.43. The van der Waals surface area contributed by atoms with Gasteiger partial charge in [0, 0.05) is 25.8 Å². The first kappa shape index (κ1) is 29.6. The van der Waals surface area contributed by atoms with Crippen LogP contribution in [0.3, 0.4) is 0 Å². The van der Waals surface area contributed by atoms with Gasteiger partial charge in [0.2, 0.25) is 0 Å². The molecule has 2 aliphatic carbocycles. The van der Waals surface area contributed by atoms with Gasteiger partial charge in [-0.2, -0.15) is 0 Å². The number of rotatable bonds is 15. The lowest BCUT2D eigenvalue weighted by atomic mass is 9.68. The molecule has 6 heteroatoms. The van der Waals surface area contributed by atoms with Crippen LogP contribution in [0.25, 0.3) is 0 Å². The third kappa shape index (κ3) is 10.5. The number of aliphatic hydroxyl groups excluding tert-OH is 1. The number of carbonyl (C=O) groups excluding carboxylic acids is 1. The van der Waals surface area contributed by atoms with E-state index in [1.807, 2.05) is 6.21 Å². The molecule has 6 nitrogen and oxygen atoms in total. The summed E-state index contributed by atoms with van der Waals surface area (Å²) in [4.78, 5) is 16.4. The van der Waals surface area contributed by atoms with E-state index in [9.17, 15) is 4.79 Å². The summed E-state index contributed by atoms with van der Waals surface area (Å²) in [5.74, 6) is 2.64. The zero-order chi connectivity index (χ0) is 25.5. The van der Waals surface area contributed by atoms with Gasteiger partial charge in [0.15, 0.2) is 0 Å². The number of aliphatic hydroxyl groups is 1. The van der Waals surface area contributed by atoms with Crippen LogP contribution in [0.1, 0.15) is 84.0 Å². The molecule has 0 spiro atoms. The van der Waals surface area contributed by atoms with Crippen molar-refractivity contribution in [3.8, 4) is 0 Å². The van der Waals surface area contributed by atoms with Gasteiger partial charge in [-0.1, -0.05) is 52.0 Å². The van der Waals surface area contributed by atoms with E-state index >= 15 is 0 Å². The second-order valence-corrected chi connectivity index (χ2v) is 10.7. The summed E-state index contributed by atoms with van der Waals surface area (Å²) >= 11 is 0. The lowest BCUT2D eigenvalue weighted by molar-refractivity contribution is -0.141. The molecule has 0 aromatic heterocycles. The number of ether oxygens (including phenoxy) is 2. The van der Waals surface area contributed by atoms with Crippen molar-refractivity contribution in [3.05, 3.63) is 23.9 Å². The van der Waals surface area contributed by atoms with E-state index in [0.717, 1.165) is 23.3 Å². The Kier molecular flexibility index (Phi) is 14.3. The van der Waals surface area contributed by atoms with E-state index < -0.39 is 12.6 Å². The van der Waals surface area contributed by atoms with Crippen LogP contribution in [0.5, 0.6) is 0 Å². The fourth-order valence-corrected chi connectivity index (χ4v) is 5.90. The molecule has 0 heterocycles. The second-order valence-electron chi connectivity index (χ2n) is 10.7. The molecule has 2 saturated carbocycles. The lowest BCUT2D eigenvalue weighted by Crippen LogP contribution is -2.27. The highest BCUT2D eigenvalue weighted by Gasteiger charge is 2.31. The average Bonchev–Trinajstić information content (AvgIpc) is 2.89. The van der Waals surface area contributed by atoms with Crippen molar-refractivity contribution in [2.24, 2.45) is 40.3 Å². The summed E-state index contributed by atoms with van der Waals surface area (Å²) in [5, 5.41) is 9.00. The van der Waals surface area contributed by atoms with Crippen molar-refractivity contribution in [3.63, 3.8) is 0 Å². The number of aliphatic imine (C=N–C) groups is 1. The molecule has 2 rings (SSSR count). The Balaban J connectivity index is 1.74. The molecule has 200 valence electrons. The van der Waals surface area contributed by atoms with Crippen LogP contribution in [0.15, 0.2) is 28.9 Å². The Morgan fingerprint density at radius 3 is 2.31 bits per heavy atom. The Labute approximate surface area is 213 Å². The first-order valence-electron chi connectivity index (χ1n) is 13.9. The molecule has 0 amide bonds. The molecule has 0 bridgehead atoms. The number of allylic oxidation sites excluding steroid dienone is 1. The van der Waals surface area contributed by atoms with Crippen molar-refractivity contribution in [1.82, 2.24) is 0 Å². The number of carbonyl (C=O) groups is 1. The molecule has 1 unspecified atom stereocenters. The van der Waals surface area contributed by atoms with Gasteiger partial charge >= 0.3 is 5.97 Å².